The van der Waals surface area contributed by atoms with Gasteiger partial charge in [-0.05, 0) is 0 Å². The average Bonchev–Trinajstić information content (AvgIpc) is 2.62. The Bertz CT molecular complexity index is 317. The SMILES string of the molecule is C=CCSCc1nnc(CSCC=C)n1N. The van der Waals surface area contributed by atoms with Gasteiger partial charge in [0.1, 0.15) is 0 Å². The standard InChI is InChI=1S/C10H16N4S2/c1-3-5-15-7-9-12-13-10(14(9)11)8-16-6-4-2/h3-4H,1-2,5-8,11H2. The zero-order valence-corrected chi connectivity index (χ0v) is 10.8. The highest BCUT2D eigenvalue weighted by atomic mass is 32.2. The molecule has 0 saturated carbocycles. The van der Waals surface area contributed by atoms with Crippen molar-refractivity contribution in [3.63, 3.8) is 0 Å². The molecule has 1 rings (SSSR count). The van der Waals surface area contributed by atoms with Gasteiger partial charge in [0.25, 0.3) is 0 Å². The largest absolute Gasteiger partial charge is 0.336 e. The Balaban J connectivity index is 2.47. The van der Waals surface area contributed by atoms with E-state index in [1.807, 2.05) is 12.2 Å². The van der Waals surface area contributed by atoms with Crippen LogP contribution in [0.25, 0.3) is 0 Å². The topological polar surface area (TPSA) is 56.7 Å². The highest BCUT2D eigenvalue weighted by Gasteiger charge is 2.08. The van der Waals surface area contributed by atoms with Gasteiger partial charge in [-0.2, -0.15) is 0 Å². The van der Waals surface area contributed by atoms with E-state index in [4.69, 9.17) is 5.84 Å². The lowest BCUT2D eigenvalue weighted by Gasteiger charge is -2.02. The fourth-order valence-corrected chi connectivity index (χ4v) is 2.35. The summed E-state index contributed by atoms with van der Waals surface area (Å²) in [7, 11) is 0. The second-order valence-corrected chi connectivity index (χ2v) is 5.07. The summed E-state index contributed by atoms with van der Waals surface area (Å²) in [5.74, 6) is 10.8. The molecule has 2 N–H and O–H groups in total. The third-order valence-electron chi connectivity index (χ3n) is 1.77. The molecule has 0 unspecified atom stereocenters. The number of rotatable bonds is 8. The molecule has 4 nitrogen and oxygen atoms in total. The molecule has 1 heterocycles. The molecule has 1 aromatic heterocycles. The fraction of sp³-hybridized carbons (Fsp3) is 0.400. The van der Waals surface area contributed by atoms with Gasteiger partial charge in [0, 0.05) is 11.5 Å². The molecule has 0 radical (unpaired) electrons. The van der Waals surface area contributed by atoms with Crippen molar-refractivity contribution in [2.45, 2.75) is 11.5 Å². The molecule has 0 amide bonds. The second-order valence-electron chi connectivity index (χ2n) is 3.01. The lowest BCUT2D eigenvalue weighted by atomic mass is 10.7. The molecule has 0 saturated heterocycles. The maximum atomic E-state index is 5.88. The van der Waals surface area contributed by atoms with Gasteiger partial charge in [0.15, 0.2) is 11.6 Å². The molecule has 88 valence electrons. The highest BCUT2D eigenvalue weighted by molar-refractivity contribution is 7.98. The van der Waals surface area contributed by atoms with Gasteiger partial charge in [0.05, 0.1) is 11.5 Å². The van der Waals surface area contributed by atoms with Crippen LogP contribution in [0, 0.1) is 0 Å². The third-order valence-corrected chi connectivity index (χ3v) is 3.64. The van der Waals surface area contributed by atoms with Gasteiger partial charge in [-0.3, -0.25) is 0 Å². The van der Waals surface area contributed by atoms with Crippen LogP contribution in [0.3, 0.4) is 0 Å². The van der Waals surface area contributed by atoms with Gasteiger partial charge >= 0.3 is 0 Å². The number of nitrogens with two attached hydrogens (primary N) is 1. The van der Waals surface area contributed by atoms with E-state index in [9.17, 15) is 0 Å². The highest BCUT2D eigenvalue weighted by Crippen LogP contribution is 2.13. The molecule has 0 atom stereocenters. The molecule has 0 aliphatic carbocycles. The summed E-state index contributed by atoms with van der Waals surface area (Å²) in [6.07, 6.45) is 3.73. The van der Waals surface area contributed by atoms with Crippen molar-refractivity contribution >= 4 is 23.5 Å². The first kappa shape index (κ1) is 13.2. The average molecular weight is 256 g/mol. The number of nitrogen functional groups attached to an aromatic ring is 1. The van der Waals surface area contributed by atoms with E-state index in [0.717, 1.165) is 34.7 Å². The van der Waals surface area contributed by atoms with E-state index in [1.165, 1.54) is 0 Å². The van der Waals surface area contributed by atoms with Crippen LogP contribution < -0.4 is 5.84 Å². The number of hydrogen-bond donors (Lipinski definition) is 1. The number of thioether (sulfide) groups is 2. The summed E-state index contributed by atoms with van der Waals surface area (Å²) in [5.41, 5.74) is 0. The Labute approximate surface area is 104 Å². The maximum Gasteiger partial charge on any atom is 0.161 e. The first-order valence-corrected chi connectivity index (χ1v) is 7.16. The van der Waals surface area contributed by atoms with Gasteiger partial charge in [-0.25, -0.2) is 4.68 Å². The zero-order valence-electron chi connectivity index (χ0n) is 9.13. The van der Waals surface area contributed by atoms with E-state index in [2.05, 4.69) is 23.4 Å². The van der Waals surface area contributed by atoms with Crippen LogP contribution in [-0.2, 0) is 11.5 Å². The van der Waals surface area contributed by atoms with Crippen molar-refractivity contribution in [1.82, 2.24) is 14.9 Å². The lowest BCUT2D eigenvalue weighted by Crippen LogP contribution is -2.15. The molecule has 0 bridgehead atoms. The molecule has 0 spiro atoms. The molecular formula is C10H16N4S2. The molecule has 16 heavy (non-hydrogen) atoms. The first-order chi connectivity index (χ1) is 7.79. The van der Waals surface area contributed by atoms with Crippen LogP contribution in [0.5, 0.6) is 0 Å². The summed E-state index contributed by atoms with van der Waals surface area (Å²) in [5, 5.41) is 8.12. The van der Waals surface area contributed by atoms with E-state index in [1.54, 1.807) is 28.2 Å². The quantitative estimate of drug-likeness (QED) is 0.437. The monoisotopic (exact) mass is 256 g/mol. The fourth-order valence-electron chi connectivity index (χ4n) is 1.02. The van der Waals surface area contributed by atoms with E-state index in [-0.39, 0.29) is 0 Å². The Morgan fingerprint density at radius 3 is 1.88 bits per heavy atom. The predicted octanol–water partition coefficient (Wildman–Crippen LogP) is 1.83. The van der Waals surface area contributed by atoms with Crippen molar-refractivity contribution in [2.24, 2.45) is 0 Å². The Morgan fingerprint density at radius 2 is 1.50 bits per heavy atom. The summed E-state index contributed by atoms with van der Waals surface area (Å²) < 4.78 is 1.58. The van der Waals surface area contributed by atoms with E-state index < -0.39 is 0 Å². The van der Waals surface area contributed by atoms with Crippen molar-refractivity contribution < 1.29 is 0 Å². The lowest BCUT2D eigenvalue weighted by molar-refractivity contribution is 0.875. The molecule has 1 aromatic rings. The molecule has 0 fully saturated rings. The zero-order chi connectivity index (χ0) is 11.8. The Morgan fingerprint density at radius 1 is 1.06 bits per heavy atom. The van der Waals surface area contributed by atoms with Crippen molar-refractivity contribution in [1.29, 1.82) is 0 Å². The smallest absolute Gasteiger partial charge is 0.161 e. The number of aromatic nitrogens is 3. The minimum absolute atomic E-state index is 0.766. The minimum Gasteiger partial charge on any atom is -0.336 e. The maximum absolute atomic E-state index is 5.88. The third kappa shape index (κ3) is 3.94. The number of hydrogen-bond acceptors (Lipinski definition) is 5. The van der Waals surface area contributed by atoms with Crippen LogP contribution in [0.4, 0.5) is 0 Å². The molecule has 0 aromatic carbocycles. The molecular weight excluding hydrogens is 240 g/mol. The molecule has 0 aliphatic heterocycles. The van der Waals surface area contributed by atoms with Crippen LogP contribution in [0.2, 0.25) is 0 Å². The summed E-state index contributed by atoms with van der Waals surface area (Å²) in [6, 6.07) is 0. The van der Waals surface area contributed by atoms with E-state index >= 15 is 0 Å². The predicted molar refractivity (Wildman–Crippen MR) is 72.9 cm³/mol. The molecule has 0 aliphatic rings. The number of nitrogens with zero attached hydrogens (tertiary/aromatic N) is 3. The summed E-state index contributed by atoms with van der Waals surface area (Å²) >= 11 is 3.44. The summed E-state index contributed by atoms with van der Waals surface area (Å²) in [6.45, 7) is 7.32. The van der Waals surface area contributed by atoms with Crippen molar-refractivity contribution in [3.8, 4) is 0 Å². The first-order valence-electron chi connectivity index (χ1n) is 4.85. The van der Waals surface area contributed by atoms with Crippen LogP contribution in [0.1, 0.15) is 11.6 Å². The van der Waals surface area contributed by atoms with Crippen molar-refractivity contribution in [3.05, 3.63) is 37.0 Å². The van der Waals surface area contributed by atoms with Crippen LogP contribution in [-0.4, -0.2) is 26.4 Å². The van der Waals surface area contributed by atoms with Gasteiger partial charge in [-0.1, -0.05) is 12.2 Å². The van der Waals surface area contributed by atoms with Crippen molar-refractivity contribution in [2.75, 3.05) is 17.3 Å². The minimum atomic E-state index is 0.766. The Hall–Kier alpha value is -0.880. The second kappa shape index (κ2) is 7.40. The molecule has 6 heteroatoms. The Kier molecular flexibility index (Phi) is 6.10. The van der Waals surface area contributed by atoms with Gasteiger partial charge in [0.2, 0.25) is 0 Å². The van der Waals surface area contributed by atoms with Crippen LogP contribution >= 0.6 is 23.5 Å². The van der Waals surface area contributed by atoms with Gasteiger partial charge in [-0.15, -0.1) is 46.9 Å². The van der Waals surface area contributed by atoms with E-state index in [0.29, 0.717) is 0 Å². The summed E-state index contributed by atoms with van der Waals surface area (Å²) in [4.78, 5) is 0. The normalized spacial score (nSPS) is 10.2. The van der Waals surface area contributed by atoms with Crippen LogP contribution in [0.15, 0.2) is 25.3 Å². The van der Waals surface area contributed by atoms with Gasteiger partial charge < -0.3 is 5.84 Å².